The third-order valence-corrected chi connectivity index (χ3v) is 4.38. The predicted octanol–water partition coefficient (Wildman–Crippen LogP) is 4.34. The third kappa shape index (κ3) is 4.35. The summed E-state index contributed by atoms with van der Waals surface area (Å²) in [6, 6.07) is 9.06. The SMILES string of the molecule is Cc1cccc(CC2(CNCC(C)C)CCCC2)c1. The first kappa shape index (κ1) is 14.6. The zero-order valence-electron chi connectivity index (χ0n) is 12.8. The topological polar surface area (TPSA) is 12.0 Å². The van der Waals surface area contributed by atoms with Crippen molar-refractivity contribution < 1.29 is 0 Å². The van der Waals surface area contributed by atoms with E-state index >= 15 is 0 Å². The predicted molar refractivity (Wildman–Crippen MR) is 83.5 cm³/mol. The lowest BCUT2D eigenvalue weighted by atomic mass is 9.79. The molecule has 0 bridgehead atoms. The van der Waals surface area contributed by atoms with Crippen LogP contribution in [0.2, 0.25) is 0 Å². The molecule has 1 aliphatic carbocycles. The Morgan fingerprint density at radius 1 is 1.21 bits per heavy atom. The van der Waals surface area contributed by atoms with Crippen molar-refractivity contribution in [3.63, 3.8) is 0 Å². The molecule has 2 rings (SSSR count). The van der Waals surface area contributed by atoms with Gasteiger partial charge in [-0.1, -0.05) is 56.5 Å². The van der Waals surface area contributed by atoms with E-state index in [2.05, 4.69) is 50.4 Å². The lowest BCUT2D eigenvalue weighted by Crippen LogP contribution is -2.35. The minimum atomic E-state index is 0.517. The van der Waals surface area contributed by atoms with Crippen LogP contribution in [0, 0.1) is 18.3 Å². The second-order valence-corrected chi connectivity index (χ2v) is 6.90. The van der Waals surface area contributed by atoms with Gasteiger partial charge in [-0.05, 0) is 49.6 Å². The molecule has 0 unspecified atom stereocenters. The molecule has 1 fully saturated rings. The van der Waals surface area contributed by atoms with Crippen molar-refractivity contribution in [1.82, 2.24) is 5.32 Å². The number of aryl methyl sites for hydroxylation is 1. The van der Waals surface area contributed by atoms with Crippen LogP contribution in [-0.2, 0) is 6.42 Å². The van der Waals surface area contributed by atoms with Crippen molar-refractivity contribution >= 4 is 0 Å². The van der Waals surface area contributed by atoms with E-state index in [0.717, 1.165) is 12.5 Å². The second kappa shape index (κ2) is 6.56. The summed E-state index contributed by atoms with van der Waals surface area (Å²) in [6.45, 7) is 9.11. The number of benzene rings is 1. The summed E-state index contributed by atoms with van der Waals surface area (Å²) in [7, 11) is 0. The quantitative estimate of drug-likeness (QED) is 0.801. The molecule has 1 N–H and O–H groups in total. The van der Waals surface area contributed by atoms with Gasteiger partial charge in [-0.25, -0.2) is 0 Å². The monoisotopic (exact) mass is 259 g/mol. The summed E-state index contributed by atoms with van der Waals surface area (Å²) >= 11 is 0. The number of hydrogen-bond acceptors (Lipinski definition) is 1. The van der Waals surface area contributed by atoms with Gasteiger partial charge in [0.25, 0.3) is 0 Å². The van der Waals surface area contributed by atoms with Crippen LogP contribution in [0.3, 0.4) is 0 Å². The van der Waals surface area contributed by atoms with E-state index in [1.165, 1.54) is 49.8 Å². The molecule has 1 saturated carbocycles. The van der Waals surface area contributed by atoms with Crippen LogP contribution in [0.5, 0.6) is 0 Å². The first-order valence-corrected chi connectivity index (χ1v) is 7.86. The number of rotatable bonds is 6. The molecule has 0 saturated heterocycles. The Bertz CT molecular complexity index is 388. The fourth-order valence-electron chi connectivity index (χ4n) is 3.42. The molecule has 0 spiro atoms. The van der Waals surface area contributed by atoms with Gasteiger partial charge in [0.15, 0.2) is 0 Å². The summed E-state index contributed by atoms with van der Waals surface area (Å²) in [5.41, 5.74) is 3.43. The van der Waals surface area contributed by atoms with Gasteiger partial charge in [0.1, 0.15) is 0 Å². The Morgan fingerprint density at radius 3 is 2.58 bits per heavy atom. The maximum atomic E-state index is 3.70. The lowest BCUT2D eigenvalue weighted by Gasteiger charge is -2.30. The highest BCUT2D eigenvalue weighted by Gasteiger charge is 2.33. The van der Waals surface area contributed by atoms with Gasteiger partial charge in [-0.2, -0.15) is 0 Å². The van der Waals surface area contributed by atoms with Crippen molar-refractivity contribution in [2.75, 3.05) is 13.1 Å². The van der Waals surface area contributed by atoms with E-state index in [1.54, 1.807) is 0 Å². The van der Waals surface area contributed by atoms with E-state index in [1.807, 2.05) is 0 Å². The van der Waals surface area contributed by atoms with E-state index in [0.29, 0.717) is 5.41 Å². The Kier molecular flexibility index (Phi) is 5.04. The van der Waals surface area contributed by atoms with E-state index in [9.17, 15) is 0 Å². The molecule has 106 valence electrons. The molecule has 1 nitrogen and oxygen atoms in total. The number of nitrogens with one attached hydrogen (secondary N) is 1. The fraction of sp³-hybridized carbons (Fsp3) is 0.667. The average molecular weight is 259 g/mol. The summed E-state index contributed by atoms with van der Waals surface area (Å²) in [5, 5.41) is 3.70. The minimum Gasteiger partial charge on any atom is -0.316 e. The maximum Gasteiger partial charge on any atom is 0.00111 e. The minimum absolute atomic E-state index is 0.517. The standard InChI is InChI=1S/C18H29N/c1-15(2)13-19-14-18(9-4-5-10-18)12-17-8-6-7-16(3)11-17/h6-8,11,15,19H,4-5,9-10,12-14H2,1-3H3. The summed E-state index contributed by atoms with van der Waals surface area (Å²) in [4.78, 5) is 0. The molecule has 1 aromatic rings. The normalized spacial score (nSPS) is 18.1. The van der Waals surface area contributed by atoms with Gasteiger partial charge in [0, 0.05) is 6.54 Å². The zero-order chi connectivity index (χ0) is 13.7. The van der Waals surface area contributed by atoms with Crippen LogP contribution >= 0.6 is 0 Å². The Morgan fingerprint density at radius 2 is 1.95 bits per heavy atom. The van der Waals surface area contributed by atoms with Crippen LogP contribution in [-0.4, -0.2) is 13.1 Å². The zero-order valence-corrected chi connectivity index (χ0v) is 12.8. The second-order valence-electron chi connectivity index (χ2n) is 6.90. The number of hydrogen-bond donors (Lipinski definition) is 1. The largest absolute Gasteiger partial charge is 0.316 e. The van der Waals surface area contributed by atoms with Crippen molar-refractivity contribution in [3.8, 4) is 0 Å². The average Bonchev–Trinajstić information content (AvgIpc) is 2.77. The van der Waals surface area contributed by atoms with Crippen LogP contribution < -0.4 is 5.32 Å². The highest BCUT2D eigenvalue weighted by Crippen LogP contribution is 2.40. The summed E-state index contributed by atoms with van der Waals surface area (Å²) < 4.78 is 0. The lowest BCUT2D eigenvalue weighted by molar-refractivity contribution is 0.273. The molecule has 1 aromatic carbocycles. The summed E-state index contributed by atoms with van der Waals surface area (Å²) in [6.07, 6.45) is 6.86. The van der Waals surface area contributed by atoms with Crippen molar-refractivity contribution in [2.45, 2.75) is 52.9 Å². The molecule has 19 heavy (non-hydrogen) atoms. The molecular formula is C18H29N. The molecule has 0 heterocycles. The van der Waals surface area contributed by atoms with Crippen LogP contribution in [0.4, 0.5) is 0 Å². The van der Waals surface area contributed by atoms with Gasteiger partial charge in [-0.3, -0.25) is 0 Å². The van der Waals surface area contributed by atoms with Gasteiger partial charge in [-0.15, -0.1) is 0 Å². The van der Waals surface area contributed by atoms with Crippen molar-refractivity contribution in [2.24, 2.45) is 11.3 Å². The molecule has 0 atom stereocenters. The van der Waals surface area contributed by atoms with Crippen LogP contribution in [0.15, 0.2) is 24.3 Å². The van der Waals surface area contributed by atoms with Gasteiger partial charge < -0.3 is 5.32 Å². The third-order valence-electron chi connectivity index (χ3n) is 4.38. The summed E-state index contributed by atoms with van der Waals surface area (Å²) in [5.74, 6) is 0.748. The first-order valence-electron chi connectivity index (χ1n) is 7.86. The van der Waals surface area contributed by atoms with E-state index in [-0.39, 0.29) is 0 Å². The molecule has 0 radical (unpaired) electrons. The molecule has 1 aliphatic rings. The molecule has 0 aliphatic heterocycles. The van der Waals surface area contributed by atoms with Gasteiger partial charge in [0.05, 0.1) is 0 Å². The van der Waals surface area contributed by atoms with Crippen molar-refractivity contribution in [3.05, 3.63) is 35.4 Å². The Balaban J connectivity index is 1.99. The Labute approximate surface area is 118 Å². The van der Waals surface area contributed by atoms with E-state index in [4.69, 9.17) is 0 Å². The molecule has 0 amide bonds. The Hall–Kier alpha value is -0.820. The van der Waals surface area contributed by atoms with Crippen LogP contribution in [0.1, 0.15) is 50.7 Å². The molecule has 0 aromatic heterocycles. The molecule has 1 heteroatoms. The van der Waals surface area contributed by atoms with Crippen LogP contribution in [0.25, 0.3) is 0 Å². The van der Waals surface area contributed by atoms with Gasteiger partial charge >= 0.3 is 0 Å². The van der Waals surface area contributed by atoms with Crippen molar-refractivity contribution in [1.29, 1.82) is 0 Å². The van der Waals surface area contributed by atoms with E-state index < -0.39 is 0 Å². The smallest absolute Gasteiger partial charge is 0.00111 e. The maximum absolute atomic E-state index is 3.70. The highest BCUT2D eigenvalue weighted by molar-refractivity contribution is 5.23. The first-order chi connectivity index (χ1) is 9.10. The molecular weight excluding hydrogens is 230 g/mol. The fourth-order valence-corrected chi connectivity index (χ4v) is 3.42. The highest BCUT2D eigenvalue weighted by atomic mass is 14.9. The van der Waals surface area contributed by atoms with Gasteiger partial charge in [0.2, 0.25) is 0 Å².